The van der Waals surface area contributed by atoms with Crippen molar-refractivity contribution in [2.75, 3.05) is 17.8 Å². The Morgan fingerprint density at radius 2 is 1.97 bits per heavy atom. The summed E-state index contributed by atoms with van der Waals surface area (Å²) in [7, 11) is 0. The number of nitrogens with zero attached hydrogens (tertiary/aromatic N) is 3. The lowest BCUT2D eigenvalue weighted by Crippen LogP contribution is -2.22. The Bertz CT molecular complexity index is 1060. The van der Waals surface area contributed by atoms with E-state index in [9.17, 15) is 4.39 Å². The molecule has 0 amide bonds. The number of nitrogens with one attached hydrogen (secondary N) is 2. The molecule has 3 aromatic rings. The molecule has 2 aromatic heterocycles. The Balaban J connectivity index is 1.61. The number of aromatic amines is 1. The van der Waals surface area contributed by atoms with Crippen molar-refractivity contribution in [3.63, 3.8) is 0 Å². The Kier molecular flexibility index (Phi) is 6.06. The second-order valence-electron chi connectivity index (χ2n) is 8.35. The molecule has 0 bridgehead atoms. The SMILES string of the molecule is CSc1cc(F)cc(CNc2cc(-c3n[nH]c4c3CCC(C)(C)C4)nc(SC)n2)c1. The van der Waals surface area contributed by atoms with E-state index in [1.807, 2.05) is 24.6 Å². The van der Waals surface area contributed by atoms with Gasteiger partial charge in [-0.25, -0.2) is 14.4 Å². The molecule has 8 heteroatoms. The van der Waals surface area contributed by atoms with Gasteiger partial charge in [-0.3, -0.25) is 5.10 Å². The monoisotopic (exact) mass is 443 g/mol. The third-order valence-corrected chi connectivity index (χ3v) is 6.69. The average molecular weight is 444 g/mol. The maximum absolute atomic E-state index is 13.8. The standard InChI is InChI=1S/C22H26FN5S2/c1-22(2)6-5-16-18(11-22)27-28-20(16)17-10-19(26-21(25-17)30-4)24-12-13-7-14(23)9-15(8-13)29-3/h7-10H,5-6,11-12H2,1-4H3,(H,27,28)(H,24,25,26). The van der Waals surface area contributed by atoms with Gasteiger partial charge in [-0.05, 0) is 61.0 Å². The molecule has 2 heterocycles. The first-order valence-corrected chi connectivity index (χ1v) is 12.4. The first kappa shape index (κ1) is 21.2. The molecule has 158 valence electrons. The van der Waals surface area contributed by atoms with Crippen LogP contribution in [0.25, 0.3) is 11.4 Å². The van der Waals surface area contributed by atoms with Gasteiger partial charge in [0.1, 0.15) is 17.3 Å². The van der Waals surface area contributed by atoms with Crippen LogP contribution < -0.4 is 5.32 Å². The molecule has 0 atom stereocenters. The lowest BCUT2D eigenvalue weighted by molar-refractivity contribution is 0.312. The molecule has 4 rings (SSSR count). The number of hydrogen-bond acceptors (Lipinski definition) is 6. The molecule has 0 fully saturated rings. The Labute approximate surface area is 185 Å². The molecular formula is C22H26FN5S2. The highest BCUT2D eigenvalue weighted by molar-refractivity contribution is 7.98. The average Bonchev–Trinajstić information content (AvgIpc) is 3.13. The van der Waals surface area contributed by atoms with Crippen LogP contribution in [-0.2, 0) is 19.4 Å². The molecule has 0 saturated heterocycles. The van der Waals surface area contributed by atoms with Gasteiger partial charge < -0.3 is 5.32 Å². The van der Waals surface area contributed by atoms with E-state index < -0.39 is 0 Å². The van der Waals surface area contributed by atoms with Crippen molar-refractivity contribution < 1.29 is 4.39 Å². The predicted molar refractivity (Wildman–Crippen MR) is 123 cm³/mol. The van der Waals surface area contributed by atoms with Crippen LogP contribution in [0.15, 0.2) is 34.3 Å². The van der Waals surface area contributed by atoms with E-state index in [4.69, 9.17) is 4.98 Å². The second kappa shape index (κ2) is 8.59. The zero-order valence-corrected chi connectivity index (χ0v) is 19.3. The third kappa shape index (κ3) is 4.64. The molecule has 1 aliphatic rings. The van der Waals surface area contributed by atoms with Gasteiger partial charge >= 0.3 is 0 Å². The number of fused-ring (bicyclic) bond motifs is 1. The molecular weight excluding hydrogens is 417 g/mol. The highest BCUT2D eigenvalue weighted by Crippen LogP contribution is 2.37. The minimum atomic E-state index is -0.224. The van der Waals surface area contributed by atoms with Crippen LogP contribution in [-0.4, -0.2) is 32.7 Å². The zero-order valence-electron chi connectivity index (χ0n) is 17.7. The molecule has 0 spiro atoms. The summed E-state index contributed by atoms with van der Waals surface area (Å²) in [6, 6.07) is 7.02. The Morgan fingerprint density at radius 3 is 2.73 bits per heavy atom. The number of rotatable bonds is 6. The zero-order chi connectivity index (χ0) is 21.3. The number of benzene rings is 1. The first-order valence-electron chi connectivity index (χ1n) is 9.94. The molecule has 2 N–H and O–H groups in total. The Morgan fingerprint density at radius 1 is 1.13 bits per heavy atom. The van der Waals surface area contributed by atoms with Crippen molar-refractivity contribution in [2.45, 2.75) is 49.7 Å². The number of anilines is 1. The minimum absolute atomic E-state index is 0.224. The number of thioether (sulfide) groups is 2. The molecule has 5 nitrogen and oxygen atoms in total. The largest absolute Gasteiger partial charge is 0.366 e. The van der Waals surface area contributed by atoms with Gasteiger partial charge in [-0.15, -0.1) is 11.8 Å². The van der Waals surface area contributed by atoms with Gasteiger partial charge in [-0.1, -0.05) is 25.6 Å². The van der Waals surface area contributed by atoms with Crippen LogP contribution >= 0.6 is 23.5 Å². The van der Waals surface area contributed by atoms with Crippen LogP contribution in [0.5, 0.6) is 0 Å². The summed E-state index contributed by atoms with van der Waals surface area (Å²) in [6.07, 6.45) is 7.03. The van der Waals surface area contributed by atoms with Crippen LogP contribution in [0.4, 0.5) is 10.2 Å². The number of halogens is 1. The van der Waals surface area contributed by atoms with Crippen molar-refractivity contribution in [1.29, 1.82) is 0 Å². The number of aromatic nitrogens is 4. The van der Waals surface area contributed by atoms with Crippen LogP contribution in [0.1, 0.15) is 37.1 Å². The second-order valence-corrected chi connectivity index (χ2v) is 10.0. The molecule has 0 aliphatic heterocycles. The van der Waals surface area contributed by atoms with E-state index >= 15 is 0 Å². The predicted octanol–water partition coefficient (Wildman–Crippen LogP) is 5.58. The van der Waals surface area contributed by atoms with Gasteiger partial charge in [-0.2, -0.15) is 5.10 Å². The fourth-order valence-electron chi connectivity index (χ4n) is 3.82. The first-order chi connectivity index (χ1) is 14.4. The van der Waals surface area contributed by atoms with Gasteiger partial charge in [0.15, 0.2) is 5.16 Å². The van der Waals surface area contributed by atoms with Gasteiger partial charge in [0.2, 0.25) is 0 Å². The number of H-pyrrole nitrogens is 1. The van der Waals surface area contributed by atoms with Crippen molar-refractivity contribution in [3.8, 4) is 11.4 Å². The van der Waals surface area contributed by atoms with E-state index in [1.165, 1.54) is 34.8 Å². The van der Waals surface area contributed by atoms with E-state index in [0.717, 1.165) is 41.1 Å². The lowest BCUT2D eigenvalue weighted by Gasteiger charge is -2.29. The molecule has 30 heavy (non-hydrogen) atoms. The summed E-state index contributed by atoms with van der Waals surface area (Å²) in [5.74, 6) is 0.491. The fraction of sp³-hybridized carbons (Fsp3) is 0.409. The maximum atomic E-state index is 13.8. The molecule has 1 aromatic carbocycles. The van der Waals surface area contributed by atoms with Crippen LogP contribution in [0, 0.1) is 11.2 Å². The summed E-state index contributed by atoms with van der Waals surface area (Å²) in [5.41, 5.74) is 5.38. The summed E-state index contributed by atoms with van der Waals surface area (Å²) in [4.78, 5) is 10.2. The fourth-order valence-corrected chi connectivity index (χ4v) is 4.70. The normalized spacial score (nSPS) is 15.1. The van der Waals surface area contributed by atoms with Gasteiger partial charge in [0, 0.05) is 28.8 Å². The van der Waals surface area contributed by atoms with Crippen LogP contribution in [0.2, 0.25) is 0 Å². The van der Waals surface area contributed by atoms with E-state index in [0.29, 0.717) is 22.9 Å². The Hall–Kier alpha value is -2.06. The van der Waals surface area contributed by atoms with Crippen LogP contribution in [0.3, 0.4) is 0 Å². The van der Waals surface area contributed by atoms with Crippen molar-refractivity contribution in [1.82, 2.24) is 20.2 Å². The van der Waals surface area contributed by atoms with Crippen molar-refractivity contribution in [2.24, 2.45) is 5.41 Å². The smallest absolute Gasteiger partial charge is 0.189 e. The highest BCUT2D eigenvalue weighted by atomic mass is 32.2. The summed E-state index contributed by atoms with van der Waals surface area (Å²) in [5, 5.41) is 11.8. The molecule has 0 unspecified atom stereocenters. The van der Waals surface area contributed by atoms with Gasteiger partial charge in [0.25, 0.3) is 0 Å². The lowest BCUT2D eigenvalue weighted by atomic mass is 9.76. The van der Waals surface area contributed by atoms with Gasteiger partial charge in [0.05, 0.1) is 5.69 Å². The quantitative estimate of drug-likeness (QED) is 0.383. The summed E-state index contributed by atoms with van der Waals surface area (Å²) in [6.45, 7) is 5.08. The minimum Gasteiger partial charge on any atom is -0.366 e. The third-order valence-electron chi connectivity index (χ3n) is 5.43. The molecule has 1 aliphatic carbocycles. The summed E-state index contributed by atoms with van der Waals surface area (Å²) >= 11 is 3.03. The highest BCUT2D eigenvalue weighted by Gasteiger charge is 2.29. The van der Waals surface area contributed by atoms with E-state index in [1.54, 1.807) is 12.1 Å². The van der Waals surface area contributed by atoms with Crippen molar-refractivity contribution in [3.05, 3.63) is 46.9 Å². The molecule has 0 radical (unpaired) electrons. The summed E-state index contributed by atoms with van der Waals surface area (Å²) < 4.78 is 13.8. The number of hydrogen-bond donors (Lipinski definition) is 2. The van der Waals surface area contributed by atoms with Crippen molar-refractivity contribution >= 4 is 29.3 Å². The maximum Gasteiger partial charge on any atom is 0.189 e. The van der Waals surface area contributed by atoms with E-state index in [2.05, 4.69) is 34.3 Å². The van der Waals surface area contributed by atoms with E-state index in [-0.39, 0.29) is 5.82 Å². The topological polar surface area (TPSA) is 66.5 Å². The molecule has 0 saturated carbocycles.